The van der Waals surface area contributed by atoms with Crippen LogP contribution in [0.4, 0.5) is 5.69 Å². The maximum absolute atomic E-state index is 12.3. The van der Waals surface area contributed by atoms with Crippen molar-refractivity contribution in [3.63, 3.8) is 0 Å². The Balaban J connectivity index is 2.07. The van der Waals surface area contributed by atoms with Crippen molar-refractivity contribution in [1.82, 2.24) is 9.21 Å². The van der Waals surface area contributed by atoms with Crippen LogP contribution in [0.15, 0.2) is 24.3 Å². The summed E-state index contributed by atoms with van der Waals surface area (Å²) in [6.45, 7) is 1.79. The lowest BCUT2D eigenvalue weighted by Gasteiger charge is -2.21. The molecule has 0 unspecified atom stereocenters. The fourth-order valence-electron chi connectivity index (χ4n) is 2.24. The number of sulfonamides is 1. The maximum atomic E-state index is 12.3. The van der Waals surface area contributed by atoms with Crippen LogP contribution in [-0.2, 0) is 10.0 Å². The van der Waals surface area contributed by atoms with Crippen molar-refractivity contribution in [2.75, 3.05) is 38.2 Å². The molecule has 1 amide bonds. The van der Waals surface area contributed by atoms with Crippen molar-refractivity contribution >= 4 is 21.6 Å². The quantitative estimate of drug-likeness (QED) is 0.800. The highest BCUT2D eigenvalue weighted by atomic mass is 32.2. The van der Waals surface area contributed by atoms with Crippen molar-refractivity contribution in [2.45, 2.75) is 6.42 Å². The molecule has 1 saturated heterocycles. The van der Waals surface area contributed by atoms with Crippen LogP contribution in [0.2, 0.25) is 0 Å². The molecule has 1 aliphatic rings. The number of nitrogens with zero attached hydrogens (tertiary/aromatic N) is 2. The maximum Gasteiger partial charge on any atom is 0.253 e. The summed E-state index contributed by atoms with van der Waals surface area (Å²) in [7, 11) is -3.19. The highest BCUT2D eigenvalue weighted by Crippen LogP contribution is 2.12. The second kappa shape index (κ2) is 5.80. The van der Waals surface area contributed by atoms with Gasteiger partial charge >= 0.3 is 0 Å². The molecule has 2 N–H and O–H groups in total. The molecule has 0 saturated carbocycles. The molecule has 1 aromatic rings. The number of hydrogen-bond donors (Lipinski definition) is 1. The predicted octanol–water partition coefficient (Wildman–Crippen LogP) is 0.376. The summed E-state index contributed by atoms with van der Waals surface area (Å²) in [6.07, 6.45) is 1.85. The number of nitrogens with two attached hydrogens (primary N) is 1. The zero-order valence-electron chi connectivity index (χ0n) is 11.4. The van der Waals surface area contributed by atoms with Crippen LogP contribution in [-0.4, -0.2) is 56.0 Å². The number of anilines is 1. The van der Waals surface area contributed by atoms with E-state index in [1.807, 2.05) is 0 Å². The van der Waals surface area contributed by atoms with Gasteiger partial charge < -0.3 is 10.6 Å². The molecule has 0 bridgehead atoms. The third-order valence-corrected chi connectivity index (χ3v) is 4.67. The molecule has 2 rings (SSSR count). The summed E-state index contributed by atoms with van der Waals surface area (Å²) in [5.74, 6) is -0.0830. The Kier molecular flexibility index (Phi) is 4.29. The minimum atomic E-state index is -3.19. The Morgan fingerprint density at radius 2 is 1.75 bits per heavy atom. The van der Waals surface area contributed by atoms with Gasteiger partial charge in [0.05, 0.1) is 6.26 Å². The molecule has 0 spiro atoms. The van der Waals surface area contributed by atoms with E-state index in [2.05, 4.69) is 0 Å². The third kappa shape index (κ3) is 3.49. The van der Waals surface area contributed by atoms with Crippen LogP contribution < -0.4 is 5.73 Å². The monoisotopic (exact) mass is 297 g/mol. The van der Waals surface area contributed by atoms with Crippen LogP contribution in [0.25, 0.3) is 0 Å². The lowest BCUT2D eigenvalue weighted by atomic mass is 10.2. The Labute approximate surface area is 119 Å². The molecule has 1 fully saturated rings. The number of nitrogen functional groups attached to an aromatic ring is 1. The number of rotatable bonds is 2. The molecule has 0 radical (unpaired) electrons. The number of carbonyl (C=O) groups excluding carboxylic acids is 1. The molecule has 0 aliphatic carbocycles. The SMILES string of the molecule is CS(=O)(=O)N1CCCN(C(=O)c2ccc(N)cc2)CC1. The largest absolute Gasteiger partial charge is 0.399 e. The van der Waals surface area contributed by atoms with Crippen LogP contribution in [0.3, 0.4) is 0 Å². The Morgan fingerprint density at radius 3 is 2.35 bits per heavy atom. The van der Waals surface area contributed by atoms with E-state index in [1.54, 1.807) is 29.2 Å². The first-order chi connectivity index (χ1) is 9.38. The van der Waals surface area contributed by atoms with E-state index in [0.717, 1.165) is 0 Å². The van der Waals surface area contributed by atoms with Gasteiger partial charge in [-0.15, -0.1) is 0 Å². The van der Waals surface area contributed by atoms with Gasteiger partial charge in [0.25, 0.3) is 5.91 Å². The van der Waals surface area contributed by atoms with E-state index in [4.69, 9.17) is 5.73 Å². The molecule has 7 heteroatoms. The van der Waals surface area contributed by atoms with E-state index in [1.165, 1.54) is 10.6 Å². The van der Waals surface area contributed by atoms with E-state index in [0.29, 0.717) is 43.9 Å². The molecule has 1 aromatic carbocycles. The van der Waals surface area contributed by atoms with Crippen molar-refractivity contribution < 1.29 is 13.2 Å². The van der Waals surface area contributed by atoms with Crippen molar-refractivity contribution in [3.05, 3.63) is 29.8 Å². The van der Waals surface area contributed by atoms with Gasteiger partial charge in [0.1, 0.15) is 0 Å². The third-order valence-electron chi connectivity index (χ3n) is 3.37. The summed E-state index contributed by atoms with van der Waals surface area (Å²) in [5, 5.41) is 0. The highest BCUT2D eigenvalue weighted by molar-refractivity contribution is 7.88. The molecule has 110 valence electrons. The first-order valence-electron chi connectivity index (χ1n) is 6.48. The van der Waals surface area contributed by atoms with Crippen LogP contribution >= 0.6 is 0 Å². The fraction of sp³-hybridized carbons (Fsp3) is 0.462. The van der Waals surface area contributed by atoms with Crippen molar-refractivity contribution in [3.8, 4) is 0 Å². The van der Waals surface area contributed by atoms with Gasteiger partial charge in [-0.3, -0.25) is 4.79 Å². The molecular weight excluding hydrogens is 278 g/mol. The molecule has 0 aromatic heterocycles. The first kappa shape index (κ1) is 14.8. The van der Waals surface area contributed by atoms with Crippen LogP contribution in [0.5, 0.6) is 0 Å². The van der Waals surface area contributed by atoms with E-state index in [-0.39, 0.29) is 5.91 Å². The van der Waals surface area contributed by atoms with Crippen molar-refractivity contribution in [2.24, 2.45) is 0 Å². The number of benzene rings is 1. The lowest BCUT2D eigenvalue weighted by Crippen LogP contribution is -2.36. The Morgan fingerprint density at radius 1 is 1.10 bits per heavy atom. The summed E-state index contributed by atoms with van der Waals surface area (Å²) in [5.41, 5.74) is 6.79. The van der Waals surface area contributed by atoms with Gasteiger partial charge in [-0.05, 0) is 30.7 Å². The van der Waals surface area contributed by atoms with Gasteiger partial charge in [0.2, 0.25) is 10.0 Å². The highest BCUT2D eigenvalue weighted by Gasteiger charge is 2.24. The fourth-order valence-corrected chi connectivity index (χ4v) is 3.11. The average molecular weight is 297 g/mol. The molecule has 6 nitrogen and oxygen atoms in total. The molecular formula is C13H19N3O3S. The van der Waals surface area contributed by atoms with E-state index in [9.17, 15) is 13.2 Å². The topological polar surface area (TPSA) is 83.7 Å². The lowest BCUT2D eigenvalue weighted by molar-refractivity contribution is 0.0764. The predicted molar refractivity (Wildman–Crippen MR) is 77.8 cm³/mol. The molecule has 1 heterocycles. The van der Waals surface area contributed by atoms with Gasteiger partial charge in [-0.25, -0.2) is 12.7 Å². The van der Waals surface area contributed by atoms with Gasteiger partial charge in [-0.1, -0.05) is 0 Å². The standard InChI is InChI=1S/C13H19N3O3S/c1-20(18,19)16-8-2-7-15(9-10-16)13(17)11-3-5-12(14)6-4-11/h3-6H,2,7-10,14H2,1H3. The van der Waals surface area contributed by atoms with Gasteiger partial charge in [-0.2, -0.15) is 0 Å². The number of carbonyl (C=O) groups is 1. The summed E-state index contributed by atoms with van der Waals surface area (Å²) < 4.78 is 24.5. The summed E-state index contributed by atoms with van der Waals surface area (Å²) in [6, 6.07) is 6.76. The zero-order valence-corrected chi connectivity index (χ0v) is 12.3. The molecule has 1 aliphatic heterocycles. The van der Waals surface area contributed by atoms with Gasteiger partial charge in [0, 0.05) is 37.4 Å². The Bertz CT molecular complexity index is 583. The van der Waals surface area contributed by atoms with Crippen LogP contribution in [0.1, 0.15) is 16.8 Å². The second-order valence-electron chi connectivity index (χ2n) is 4.93. The number of amides is 1. The summed E-state index contributed by atoms with van der Waals surface area (Å²) >= 11 is 0. The normalized spacial score (nSPS) is 17.8. The minimum absolute atomic E-state index is 0.0830. The number of hydrogen-bond acceptors (Lipinski definition) is 4. The molecule has 0 atom stereocenters. The first-order valence-corrected chi connectivity index (χ1v) is 8.33. The van der Waals surface area contributed by atoms with E-state index >= 15 is 0 Å². The van der Waals surface area contributed by atoms with Crippen LogP contribution in [0, 0.1) is 0 Å². The summed E-state index contributed by atoms with van der Waals surface area (Å²) in [4.78, 5) is 14.0. The second-order valence-corrected chi connectivity index (χ2v) is 6.91. The average Bonchev–Trinajstić information content (AvgIpc) is 2.64. The zero-order chi connectivity index (χ0) is 14.8. The smallest absolute Gasteiger partial charge is 0.253 e. The minimum Gasteiger partial charge on any atom is -0.399 e. The molecule has 20 heavy (non-hydrogen) atoms. The van der Waals surface area contributed by atoms with E-state index < -0.39 is 10.0 Å². The van der Waals surface area contributed by atoms with Crippen molar-refractivity contribution in [1.29, 1.82) is 0 Å². The Hall–Kier alpha value is -1.60. The van der Waals surface area contributed by atoms with Gasteiger partial charge in [0.15, 0.2) is 0 Å².